The van der Waals surface area contributed by atoms with Gasteiger partial charge in [-0.3, -0.25) is 0 Å². The molecule has 0 fully saturated rings. The van der Waals surface area contributed by atoms with Crippen molar-refractivity contribution in [1.82, 2.24) is 15.3 Å². The Hall–Kier alpha value is -4.62. The van der Waals surface area contributed by atoms with Crippen LogP contribution >= 0.6 is 0 Å². The van der Waals surface area contributed by atoms with E-state index in [1.165, 1.54) is 17.2 Å². The molecule has 4 aliphatic carbocycles. The van der Waals surface area contributed by atoms with Gasteiger partial charge in [0.25, 0.3) is 0 Å². The molecule has 2 N–H and O–H groups in total. The molecule has 0 bridgehead atoms. The Morgan fingerprint density at radius 2 is 1.86 bits per heavy atom. The second kappa shape index (κ2) is 10.5. The lowest BCUT2D eigenvalue weighted by Crippen LogP contribution is -2.46. The number of benzene rings is 2. The monoisotopic (exact) mass is 589 g/mol. The smallest absolute Gasteiger partial charge is 0.413 e. The number of imidazole rings is 1. The molecule has 2 atom stereocenters. The highest BCUT2D eigenvalue weighted by Gasteiger charge is 2.45. The number of H-pyrrole nitrogens is 1. The van der Waals surface area contributed by atoms with Crippen molar-refractivity contribution in [3.05, 3.63) is 139 Å². The number of nitrogens with one attached hydrogen (secondary N) is 2. The van der Waals surface area contributed by atoms with Gasteiger partial charge in [-0.1, -0.05) is 90.6 Å². The molecule has 0 saturated carbocycles. The SMILES string of the molecule is FC(F)(F)C1=CC=c2c(ccc3c2=CCC2=C3C=CCC2)C1C(NCc1ccccc1)C1=CC=C2CC=c3[nH]cnc3=C2O1. The minimum atomic E-state index is -4.54. The number of alkyl halides is 3. The topological polar surface area (TPSA) is 49.9 Å². The first-order chi connectivity index (χ1) is 21.5. The Labute approximate surface area is 252 Å². The van der Waals surface area contributed by atoms with E-state index in [-0.39, 0.29) is 0 Å². The molecule has 2 unspecified atom stereocenters. The molecule has 0 radical (unpaired) electrons. The number of hydrogen-bond acceptors (Lipinski definition) is 3. The Morgan fingerprint density at radius 1 is 0.977 bits per heavy atom. The number of rotatable bonds is 5. The third-order valence-electron chi connectivity index (χ3n) is 9.25. The van der Waals surface area contributed by atoms with Gasteiger partial charge in [0.15, 0.2) is 5.76 Å². The quantitative estimate of drug-likeness (QED) is 0.438. The first-order valence-corrected chi connectivity index (χ1v) is 15.1. The van der Waals surface area contributed by atoms with E-state index in [0.717, 1.165) is 51.7 Å². The maximum absolute atomic E-state index is 14.9. The predicted molar refractivity (Wildman–Crippen MR) is 166 cm³/mol. The third-order valence-corrected chi connectivity index (χ3v) is 9.25. The van der Waals surface area contributed by atoms with Gasteiger partial charge in [-0.05, 0) is 64.5 Å². The molecule has 0 saturated heterocycles. The zero-order chi connectivity index (χ0) is 29.8. The van der Waals surface area contributed by atoms with Crippen LogP contribution in [0.3, 0.4) is 0 Å². The number of nitrogens with zero attached hydrogens (tertiary/aromatic N) is 1. The molecular weight excluding hydrogens is 559 g/mol. The van der Waals surface area contributed by atoms with Crippen molar-refractivity contribution in [3.63, 3.8) is 0 Å². The molecule has 2 aromatic carbocycles. The number of aromatic nitrogens is 2. The Bertz CT molecular complexity index is 2090. The summed E-state index contributed by atoms with van der Waals surface area (Å²) < 4.78 is 51.3. The van der Waals surface area contributed by atoms with Crippen LogP contribution in [0.5, 0.6) is 0 Å². The van der Waals surface area contributed by atoms with E-state index < -0.39 is 23.7 Å². The summed E-state index contributed by atoms with van der Waals surface area (Å²) in [5.41, 5.74) is 5.67. The average molecular weight is 590 g/mol. The summed E-state index contributed by atoms with van der Waals surface area (Å²) in [7, 11) is 0. The Morgan fingerprint density at radius 3 is 2.73 bits per heavy atom. The fourth-order valence-electron chi connectivity index (χ4n) is 7.13. The summed E-state index contributed by atoms with van der Waals surface area (Å²) in [6.07, 6.45) is 15.9. The number of hydrogen-bond donors (Lipinski definition) is 2. The molecule has 3 aromatic rings. The molecule has 2 heterocycles. The van der Waals surface area contributed by atoms with Crippen molar-refractivity contribution < 1.29 is 17.9 Å². The minimum absolute atomic E-state index is 0.373. The first-order valence-electron chi connectivity index (χ1n) is 15.1. The van der Waals surface area contributed by atoms with E-state index in [1.54, 1.807) is 12.4 Å². The lowest BCUT2D eigenvalue weighted by Gasteiger charge is -2.36. The fraction of sp³-hybridized carbons (Fsp3) is 0.216. The summed E-state index contributed by atoms with van der Waals surface area (Å²) in [6, 6.07) is 12.8. The van der Waals surface area contributed by atoms with Gasteiger partial charge in [0.2, 0.25) is 0 Å². The van der Waals surface area contributed by atoms with Gasteiger partial charge in [-0.25, -0.2) is 4.98 Å². The van der Waals surface area contributed by atoms with Crippen molar-refractivity contribution in [2.75, 3.05) is 0 Å². The Balaban J connectivity index is 1.29. The average Bonchev–Trinajstić information content (AvgIpc) is 3.54. The first kappa shape index (κ1) is 27.0. The molecule has 1 aromatic heterocycles. The highest BCUT2D eigenvalue weighted by Crippen LogP contribution is 2.43. The molecule has 7 heteroatoms. The van der Waals surface area contributed by atoms with Crippen molar-refractivity contribution in [3.8, 4) is 0 Å². The number of aromatic amines is 1. The summed E-state index contributed by atoms with van der Waals surface area (Å²) in [6.45, 7) is 0.373. The maximum atomic E-state index is 14.9. The van der Waals surface area contributed by atoms with Gasteiger partial charge >= 0.3 is 6.18 Å². The van der Waals surface area contributed by atoms with E-state index in [4.69, 9.17) is 4.74 Å². The zero-order valence-corrected chi connectivity index (χ0v) is 23.9. The number of fused-ring (bicyclic) bond motifs is 6. The summed E-state index contributed by atoms with van der Waals surface area (Å²) in [4.78, 5) is 7.59. The van der Waals surface area contributed by atoms with Crippen molar-refractivity contribution >= 4 is 29.6 Å². The van der Waals surface area contributed by atoms with Crippen LogP contribution in [0.2, 0.25) is 0 Å². The third kappa shape index (κ3) is 4.54. The normalized spacial score (nSPS) is 20.6. The molecular formula is C37H30F3N3O. The van der Waals surface area contributed by atoms with Crippen LogP contribution in [0.4, 0.5) is 13.2 Å². The highest BCUT2D eigenvalue weighted by atomic mass is 19.4. The van der Waals surface area contributed by atoms with Crippen LogP contribution in [0.15, 0.2) is 102 Å². The van der Waals surface area contributed by atoms with E-state index in [9.17, 15) is 13.2 Å². The molecule has 44 heavy (non-hydrogen) atoms. The molecule has 4 nitrogen and oxygen atoms in total. The van der Waals surface area contributed by atoms with Crippen LogP contribution in [0, 0.1) is 0 Å². The van der Waals surface area contributed by atoms with Gasteiger partial charge in [0.1, 0.15) is 11.1 Å². The summed E-state index contributed by atoms with van der Waals surface area (Å²) >= 11 is 0. The predicted octanol–water partition coefficient (Wildman–Crippen LogP) is 5.06. The van der Waals surface area contributed by atoms with Crippen LogP contribution in [-0.2, 0) is 11.3 Å². The second-order valence-corrected chi connectivity index (χ2v) is 11.8. The fourth-order valence-corrected chi connectivity index (χ4v) is 7.13. The van der Waals surface area contributed by atoms with Gasteiger partial charge in [-0.2, -0.15) is 13.2 Å². The lowest BCUT2D eigenvalue weighted by molar-refractivity contribution is -0.0969. The summed E-state index contributed by atoms with van der Waals surface area (Å²) in [5.74, 6) is -0.00837. The van der Waals surface area contributed by atoms with E-state index >= 15 is 0 Å². The molecule has 5 aliphatic rings. The molecule has 220 valence electrons. The molecule has 0 spiro atoms. The van der Waals surface area contributed by atoms with Crippen LogP contribution in [0.25, 0.3) is 29.6 Å². The van der Waals surface area contributed by atoms with Crippen LogP contribution in [0.1, 0.15) is 48.3 Å². The van der Waals surface area contributed by atoms with E-state index in [0.29, 0.717) is 35.4 Å². The van der Waals surface area contributed by atoms with Crippen molar-refractivity contribution in [1.29, 1.82) is 0 Å². The van der Waals surface area contributed by atoms with Gasteiger partial charge < -0.3 is 15.0 Å². The number of halogens is 3. The largest absolute Gasteiger partial charge is 0.457 e. The number of ether oxygens (including phenoxy) is 1. The number of allylic oxidation sites excluding steroid dienone is 7. The molecule has 1 aliphatic heterocycles. The van der Waals surface area contributed by atoms with Crippen LogP contribution in [-0.4, -0.2) is 22.2 Å². The van der Waals surface area contributed by atoms with Crippen molar-refractivity contribution in [2.24, 2.45) is 0 Å². The molecule has 8 rings (SSSR count). The summed E-state index contributed by atoms with van der Waals surface area (Å²) in [5, 5.41) is 6.89. The van der Waals surface area contributed by atoms with E-state index in [1.807, 2.05) is 60.7 Å². The Kier molecular flexibility index (Phi) is 6.45. The van der Waals surface area contributed by atoms with Gasteiger partial charge in [0, 0.05) is 23.6 Å². The molecule has 0 amide bonds. The lowest BCUT2D eigenvalue weighted by atomic mass is 9.76. The maximum Gasteiger partial charge on any atom is 0.413 e. The standard InChI is InChI=1S/C37H30F3N3O/c38-37(39,40)30-17-16-28-27-13-10-23-8-4-5-9-25(23)26(27)14-15-29(28)33(30)35(41-20-22-6-2-1-3-7-22)32-19-12-24-11-18-31-34(36(24)44-32)43-21-42-31/h1-3,5-7,9,12-19,21,33,35,41H,4,8,10-11,20H2,(H,42,43). The van der Waals surface area contributed by atoms with Crippen LogP contribution < -0.4 is 26.5 Å². The van der Waals surface area contributed by atoms with E-state index in [2.05, 4.69) is 33.5 Å². The zero-order valence-electron chi connectivity index (χ0n) is 23.9. The van der Waals surface area contributed by atoms with Gasteiger partial charge in [-0.15, -0.1) is 0 Å². The highest BCUT2D eigenvalue weighted by molar-refractivity contribution is 5.82. The second-order valence-electron chi connectivity index (χ2n) is 11.8. The van der Waals surface area contributed by atoms with Crippen molar-refractivity contribution in [2.45, 2.75) is 50.4 Å². The minimum Gasteiger partial charge on any atom is -0.457 e. The van der Waals surface area contributed by atoms with Gasteiger partial charge in [0.05, 0.1) is 17.7 Å².